The molecule has 9 aliphatic rings. The zero-order valence-corrected chi connectivity index (χ0v) is 36.4. The van der Waals surface area contributed by atoms with Crippen LogP contribution in [-0.2, 0) is 30.9 Å². The Kier molecular flexibility index (Phi) is 8.37. The van der Waals surface area contributed by atoms with Crippen molar-refractivity contribution in [3.8, 4) is 5.75 Å². The van der Waals surface area contributed by atoms with Gasteiger partial charge in [-0.3, -0.25) is 4.79 Å². The highest BCUT2D eigenvalue weighted by molar-refractivity contribution is 5.92. The van der Waals surface area contributed by atoms with Crippen LogP contribution in [0.15, 0.2) is 47.1 Å². The number of hydrogen-bond acceptors (Lipinski definition) is 5. The summed E-state index contributed by atoms with van der Waals surface area (Å²) in [4.78, 5) is 24.7. The standard InChI is InChI=1S/C31H46O2.C20H24O3/c1-19-11-13-29(6)22(26(19,2)3)12-14-31(8)23(29)10-9-20-21-17-27(4)18-24(33-25(27)32)28(21,5)15-16-30(20,31)7;1-11(2)12-4-6-16-14(18(12)21)5-7-17-15-10-23-19(22)13(15)8-9-20(16,17)3/h9,21-24H,1,10-18H2,2-8H3;4,6,11,17,21H,5,7-10H2,1-3H3/t21?,22?,23?,24-,27-,28+,29-,30+,31+;17?,20-/m01/s1. The Balaban J connectivity index is 0.000000156. The number of carbonyl (C=O) groups excluding carboxylic acids is 2. The predicted molar refractivity (Wildman–Crippen MR) is 222 cm³/mol. The number of allylic oxidation sites excluding steroid dienone is 3. The zero-order chi connectivity index (χ0) is 40.2. The van der Waals surface area contributed by atoms with Gasteiger partial charge in [-0.1, -0.05) is 98.2 Å². The molecule has 0 spiro atoms. The lowest BCUT2D eigenvalue weighted by Gasteiger charge is -2.71. The summed E-state index contributed by atoms with van der Waals surface area (Å²) in [5.41, 5.74) is 9.86. The van der Waals surface area contributed by atoms with Crippen LogP contribution in [0.1, 0.15) is 169 Å². The lowest BCUT2D eigenvalue weighted by molar-refractivity contribution is -0.174. The molecule has 0 radical (unpaired) electrons. The molecule has 2 bridgehead atoms. The van der Waals surface area contributed by atoms with E-state index in [1.807, 2.05) is 0 Å². The summed E-state index contributed by atoms with van der Waals surface area (Å²) in [6, 6.07) is 4.31. The molecule has 5 fully saturated rings. The summed E-state index contributed by atoms with van der Waals surface area (Å²) >= 11 is 0. The van der Waals surface area contributed by atoms with Crippen LogP contribution >= 0.6 is 0 Å². The van der Waals surface area contributed by atoms with Gasteiger partial charge in [0.2, 0.25) is 0 Å². The van der Waals surface area contributed by atoms with Crippen molar-refractivity contribution in [1.29, 1.82) is 0 Å². The molecule has 5 nitrogen and oxygen atoms in total. The van der Waals surface area contributed by atoms with Crippen molar-refractivity contribution in [2.24, 2.45) is 56.2 Å². The van der Waals surface area contributed by atoms with Gasteiger partial charge in [0.25, 0.3) is 0 Å². The van der Waals surface area contributed by atoms with Crippen LogP contribution in [0.3, 0.4) is 0 Å². The fourth-order valence-electron chi connectivity index (χ4n) is 15.9. The average Bonchev–Trinajstić information content (AvgIpc) is 3.64. The van der Waals surface area contributed by atoms with Crippen molar-refractivity contribution in [1.82, 2.24) is 0 Å². The molecular weight excluding hydrogens is 693 g/mol. The monoisotopic (exact) mass is 763 g/mol. The average molecular weight is 763 g/mol. The number of hydrogen-bond donors (Lipinski definition) is 1. The van der Waals surface area contributed by atoms with Crippen molar-refractivity contribution in [3.05, 3.63) is 63.8 Å². The Morgan fingerprint density at radius 1 is 0.821 bits per heavy atom. The lowest BCUT2D eigenvalue weighted by Crippen LogP contribution is -2.63. The first kappa shape index (κ1) is 38.7. The van der Waals surface area contributed by atoms with E-state index >= 15 is 0 Å². The van der Waals surface area contributed by atoms with Crippen molar-refractivity contribution in [2.75, 3.05) is 6.61 Å². The molecule has 4 unspecified atom stereocenters. The molecule has 1 aromatic rings. The molecule has 1 N–H and O–H groups in total. The molecule has 1 saturated heterocycles. The van der Waals surface area contributed by atoms with Crippen LogP contribution in [0.25, 0.3) is 0 Å². The van der Waals surface area contributed by atoms with E-state index in [4.69, 9.17) is 9.47 Å². The third-order valence-electron chi connectivity index (χ3n) is 19.9. The maximum Gasteiger partial charge on any atom is 0.334 e. The van der Waals surface area contributed by atoms with E-state index in [0.29, 0.717) is 40.9 Å². The topological polar surface area (TPSA) is 72.8 Å². The smallest absolute Gasteiger partial charge is 0.334 e. The van der Waals surface area contributed by atoms with Gasteiger partial charge in [0.1, 0.15) is 18.5 Å². The lowest BCUT2D eigenvalue weighted by atomic mass is 9.33. The van der Waals surface area contributed by atoms with Crippen LogP contribution in [0, 0.1) is 56.2 Å². The molecular formula is C51H70O5. The van der Waals surface area contributed by atoms with Gasteiger partial charge < -0.3 is 14.6 Å². The number of cyclic esters (lactones) is 1. The van der Waals surface area contributed by atoms with E-state index in [1.54, 1.807) is 5.57 Å². The highest BCUT2D eigenvalue weighted by Gasteiger charge is 2.70. The molecule has 1 aromatic carbocycles. The van der Waals surface area contributed by atoms with E-state index in [9.17, 15) is 14.7 Å². The first-order valence-corrected chi connectivity index (χ1v) is 22.5. The van der Waals surface area contributed by atoms with Crippen LogP contribution in [-0.4, -0.2) is 29.8 Å². The highest BCUT2D eigenvalue weighted by Crippen LogP contribution is 2.76. The van der Waals surface area contributed by atoms with Gasteiger partial charge in [-0.15, -0.1) is 0 Å². The van der Waals surface area contributed by atoms with Crippen molar-refractivity contribution >= 4 is 11.9 Å². The van der Waals surface area contributed by atoms with E-state index in [1.165, 1.54) is 61.7 Å². The van der Waals surface area contributed by atoms with Gasteiger partial charge in [0, 0.05) is 17.4 Å². The molecule has 10 rings (SSSR count). The number of phenolic OH excluding ortho intramolecular Hbond substituents is 1. The summed E-state index contributed by atoms with van der Waals surface area (Å²) in [6.45, 7) is 29.1. The number of carbonyl (C=O) groups is 2. The predicted octanol–water partition coefficient (Wildman–Crippen LogP) is 11.9. The van der Waals surface area contributed by atoms with Crippen molar-refractivity contribution in [3.63, 3.8) is 0 Å². The van der Waals surface area contributed by atoms with E-state index in [2.05, 4.69) is 94.0 Å². The largest absolute Gasteiger partial charge is 0.507 e. The zero-order valence-electron chi connectivity index (χ0n) is 36.4. The molecule has 4 saturated carbocycles. The summed E-state index contributed by atoms with van der Waals surface area (Å²) in [5.74, 6) is 3.14. The fourth-order valence-corrected chi connectivity index (χ4v) is 15.9. The molecule has 0 aromatic heterocycles. The van der Waals surface area contributed by atoms with Gasteiger partial charge >= 0.3 is 11.9 Å². The summed E-state index contributed by atoms with van der Waals surface area (Å²) in [7, 11) is 0. The number of rotatable bonds is 1. The van der Waals surface area contributed by atoms with Crippen molar-refractivity contribution in [2.45, 2.75) is 170 Å². The minimum atomic E-state index is -0.275. The van der Waals surface area contributed by atoms with Crippen LogP contribution in [0.2, 0.25) is 0 Å². The van der Waals surface area contributed by atoms with E-state index in [-0.39, 0.29) is 45.1 Å². The number of esters is 2. The molecule has 5 heteroatoms. The molecule has 304 valence electrons. The minimum absolute atomic E-state index is 0.00733. The SMILES string of the molecule is C=C1CC[C@@]2(C)C(CC[C@]3(C)C2CC=C2C4C[C@@]5(C)C[C@H](OC5=O)[C@]4(C)CC[C@]23C)C1(C)C.CC(C)c1ccc2c(c1O)CCC1C3=C(CC[C@]21C)C(=O)OC3. The van der Waals surface area contributed by atoms with Crippen LogP contribution < -0.4 is 0 Å². The van der Waals surface area contributed by atoms with E-state index < -0.39 is 0 Å². The van der Waals surface area contributed by atoms with Crippen molar-refractivity contribution < 1.29 is 24.2 Å². The quantitative estimate of drug-likeness (QED) is 0.228. The Morgan fingerprint density at radius 3 is 2.30 bits per heavy atom. The summed E-state index contributed by atoms with van der Waals surface area (Å²) < 4.78 is 11.3. The van der Waals surface area contributed by atoms with Gasteiger partial charge in [-0.25, -0.2) is 4.79 Å². The highest BCUT2D eigenvalue weighted by atomic mass is 16.6. The molecule has 11 atom stereocenters. The van der Waals surface area contributed by atoms with Gasteiger partial charge in [-0.2, -0.15) is 0 Å². The maximum atomic E-state index is 12.8. The molecule has 7 aliphatic carbocycles. The summed E-state index contributed by atoms with van der Waals surface area (Å²) in [6.07, 6.45) is 17.2. The Labute approximate surface area is 337 Å². The molecule has 2 heterocycles. The van der Waals surface area contributed by atoms with Gasteiger partial charge in [-0.05, 0) is 163 Å². The second-order valence-corrected chi connectivity index (χ2v) is 22.8. The van der Waals surface area contributed by atoms with Gasteiger partial charge in [0.05, 0.1) is 5.41 Å². The third-order valence-corrected chi connectivity index (χ3v) is 19.9. The Morgan fingerprint density at radius 2 is 1.57 bits per heavy atom. The van der Waals surface area contributed by atoms with Crippen LogP contribution in [0.4, 0.5) is 0 Å². The Hall–Kier alpha value is -2.82. The number of ether oxygens (including phenoxy) is 2. The third kappa shape index (κ3) is 4.84. The first-order valence-electron chi connectivity index (χ1n) is 22.5. The van der Waals surface area contributed by atoms with E-state index in [0.717, 1.165) is 67.1 Å². The first-order chi connectivity index (χ1) is 26.2. The summed E-state index contributed by atoms with van der Waals surface area (Å²) in [5, 5.41) is 10.7. The Bertz CT molecular complexity index is 1980. The molecule has 56 heavy (non-hydrogen) atoms. The number of benzene rings is 1. The normalized spacial score (nSPS) is 45.4. The fraction of sp³-hybridized carbons (Fsp3) is 0.725. The molecule has 0 amide bonds. The second-order valence-electron chi connectivity index (χ2n) is 22.8. The van der Waals surface area contributed by atoms with Crippen LogP contribution in [0.5, 0.6) is 5.75 Å². The number of aromatic hydroxyl groups is 1. The number of fused-ring (bicyclic) bond motifs is 14. The second kappa shape index (κ2) is 12.1. The minimum Gasteiger partial charge on any atom is -0.507 e. The molecule has 2 aliphatic heterocycles. The number of phenols is 1. The van der Waals surface area contributed by atoms with Gasteiger partial charge in [0.15, 0.2) is 0 Å². The maximum absolute atomic E-state index is 12.8.